The van der Waals surface area contributed by atoms with Gasteiger partial charge >= 0.3 is 0 Å². The predicted molar refractivity (Wildman–Crippen MR) is 112 cm³/mol. The Morgan fingerprint density at radius 1 is 1.00 bits per heavy atom. The lowest BCUT2D eigenvalue weighted by molar-refractivity contribution is 1.08. The van der Waals surface area contributed by atoms with Gasteiger partial charge in [-0.05, 0) is 54.7 Å². The first-order valence-electron chi connectivity index (χ1n) is 7.13. The summed E-state index contributed by atoms with van der Waals surface area (Å²) in [7, 11) is 0. The number of alkyl halides is 2. The molecule has 0 aliphatic rings. The maximum absolute atomic E-state index is 3.57. The van der Waals surface area contributed by atoms with Crippen molar-refractivity contribution in [3.63, 3.8) is 0 Å². The van der Waals surface area contributed by atoms with Crippen molar-refractivity contribution in [3.8, 4) is 0 Å². The molecule has 0 N–H and O–H groups in total. The first-order valence-corrected chi connectivity index (χ1v) is 10.8. The highest BCUT2D eigenvalue weighted by molar-refractivity contribution is 9.11. The highest BCUT2D eigenvalue weighted by Gasteiger charge is 2.08. The molecule has 0 heterocycles. The van der Waals surface area contributed by atoms with Gasteiger partial charge in [0.25, 0.3) is 0 Å². The van der Waals surface area contributed by atoms with Gasteiger partial charge < -0.3 is 0 Å². The molecule has 2 rings (SSSR count). The largest absolute Gasteiger partial charge is 0.0876 e. The van der Waals surface area contributed by atoms with Crippen LogP contribution in [0.15, 0.2) is 45.3 Å². The zero-order chi connectivity index (χ0) is 16.7. The van der Waals surface area contributed by atoms with Crippen LogP contribution in [0.5, 0.6) is 0 Å². The Labute approximate surface area is 167 Å². The molecule has 0 spiro atoms. The minimum Gasteiger partial charge on any atom is -0.0876 e. The summed E-state index contributed by atoms with van der Waals surface area (Å²) in [6.07, 6.45) is 1.12. The molecule has 0 bridgehead atoms. The highest BCUT2D eigenvalue weighted by atomic mass is 79.9. The lowest BCUT2D eigenvalue weighted by atomic mass is 10.1. The summed E-state index contributed by atoms with van der Waals surface area (Å²) < 4.78 is 2.38. The number of hydrogen-bond acceptors (Lipinski definition) is 0. The van der Waals surface area contributed by atoms with Crippen LogP contribution >= 0.6 is 63.7 Å². The maximum Gasteiger partial charge on any atom is 0.0370 e. The fourth-order valence-electron chi connectivity index (χ4n) is 2.12. The standard InChI is InChI=1S/C9H9Br3.C9H11Br/c1-6(11)7-3-2-4-9(12)8(7)5-10;1-3-8-5-4-6-9(10)7(8)2/h2-4,6H,5H2,1H3;4-6H,3H2,1-2H3. The average molecular weight is 556 g/mol. The lowest BCUT2D eigenvalue weighted by Crippen LogP contribution is -1.92. The molecule has 0 radical (unpaired) electrons. The van der Waals surface area contributed by atoms with E-state index >= 15 is 0 Å². The van der Waals surface area contributed by atoms with Gasteiger partial charge in [-0.2, -0.15) is 0 Å². The Kier molecular flexibility index (Phi) is 9.53. The van der Waals surface area contributed by atoms with Gasteiger partial charge in [0, 0.05) is 19.1 Å². The summed E-state index contributed by atoms with van der Waals surface area (Å²) in [4.78, 5) is 0.405. The van der Waals surface area contributed by atoms with E-state index in [1.165, 1.54) is 31.2 Å². The monoisotopic (exact) mass is 552 g/mol. The van der Waals surface area contributed by atoms with Gasteiger partial charge in [0.2, 0.25) is 0 Å². The van der Waals surface area contributed by atoms with Gasteiger partial charge in [-0.1, -0.05) is 94.9 Å². The van der Waals surface area contributed by atoms with E-state index in [2.05, 4.69) is 121 Å². The van der Waals surface area contributed by atoms with Crippen molar-refractivity contribution in [1.29, 1.82) is 0 Å². The first-order chi connectivity index (χ1) is 10.4. The van der Waals surface area contributed by atoms with E-state index in [1.807, 2.05) is 0 Å². The number of rotatable bonds is 3. The number of benzene rings is 2. The minimum absolute atomic E-state index is 0.405. The summed E-state index contributed by atoms with van der Waals surface area (Å²) in [5.74, 6) is 0. The van der Waals surface area contributed by atoms with E-state index in [-0.39, 0.29) is 0 Å². The van der Waals surface area contributed by atoms with Gasteiger partial charge in [-0.3, -0.25) is 0 Å². The van der Waals surface area contributed by atoms with Crippen LogP contribution in [0, 0.1) is 6.92 Å². The molecular weight excluding hydrogens is 536 g/mol. The molecule has 0 fully saturated rings. The third kappa shape index (κ3) is 5.77. The van der Waals surface area contributed by atoms with Crippen LogP contribution in [0.2, 0.25) is 0 Å². The quantitative estimate of drug-likeness (QED) is 0.336. The predicted octanol–water partition coefficient (Wildman–Crippen LogP) is 8.12. The fourth-order valence-corrected chi connectivity index (χ4v) is 4.48. The van der Waals surface area contributed by atoms with E-state index in [4.69, 9.17) is 0 Å². The summed E-state index contributed by atoms with van der Waals surface area (Å²) in [6, 6.07) is 12.6. The molecule has 1 atom stereocenters. The highest BCUT2D eigenvalue weighted by Crippen LogP contribution is 2.31. The summed E-state index contributed by atoms with van der Waals surface area (Å²) in [5, 5.41) is 0.889. The Morgan fingerprint density at radius 3 is 2.05 bits per heavy atom. The Bertz CT molecular complexity index is 606. The Hall–Kier alpha value is 0.360. The Morgan fingerprint density at radius 2 is 1.59 bits per heavy atom. The van der Waals surface area contributed by atoms with E-state index in [1.54, 1.807) is 0 Å². The summed E-state index contributed by atoms with van der Waals surface area (Å²) in [6.45, 7) is 6.45. The van der Waals surface area contributed by atoms with Crippen LogP contribution in [0.1, 0.15) is 40.9 Å². The van der Waals surface area contributed by atoms with Crippen molar-refractivity contribution >= 4 is 63.7 Å². The van der Waals surface area contributed by atoms with Crippen molar-refractivity contribution in [2.24, 2.45) is 0 Å². The van der Waals surface area contributed by atoms with Gasteiger partial charge in [0.15, 0.2) is 0 Å². The van der Waals surface area contributed by atoms with E-state index in [9.17, 15) is 0 Å². The minimum atomic E-state index is 0.405. The van der Waals surface area contributed by atoms with Crippen LogP contribution in [0.25, 0.3) is 0 Å². The first kappa shape index (κ1) is 20.4. The van der Waals surface area contributed by atoms with E-state index in [0.717, 1.165) is 11.8 Å². The molecule has 4 heteroatoms. The second kappa shape index (κ2) is 10.3. The summed E-state index contributed by atoms with van der Waals surface area (Å²) >= 11 is 14.1. The molecule has 0 aromatic heterocycles. The molecule has 120 valence electrons. The number of aryl methyl sites for hydroxylation is 1. The molecule has 2 aromatic rings. The van der Waals surface area contributed by atoms with Gasteiger partial charge in [-0.15, -0.1) is 0 Å². The molecular formula is C18H20Br4. The number of halogens is 4. The average Bonchev–Trinajstić information content (AvgIpc) is 2.50. The van der Waals surface area contributed by atoms with Gasteiger partial charge in [0.1, 0.15) is 0 Å². The van der Waals surface area contributed by atoms with Crippen LogP contribution in [0.4, 0.5) is 0 Å². The summed E-state index contributed by atoms with van der Waals surface area (Å²) in [5.41, 5.74) is 5.45. The van der Waals surface area contributed by atoms with Crippen molar-refractivity contribution in [2.45, 2.75) is 37.3 Å². The Balaban J connectivity index is 0.000000224. The van der Waals surface area contributed by atoms with Crippen molar-refractivity contribution < 1.29 is 0 Å². The molecule has 0 saturated carbocycles. The lowest BCUT2D eigenvalue weighted by Gasteiger charge is -2.10. The van der Waals surface area contributed by atoms with Crippen LogP contribution in [-0.2, 0) is 11.8 Å². The third-order valence-corrected chi connectivity index (χ3v) is 6.13. The topological polar surface area (TPSA) is 0 Å². The molecule has 0 saturated heterocycles. The molecule has 0 nitrogen and oxygen atoms in total. The zero-order valence-electron chi connectivity index (χ0n) is 13.0. The van der Waals surface area contributed by atoms with Crippen LogP contribution in [0.3, 0.4) is 0 Å². The molecule has 22 heavy (non-hydrogen) atoms. The second-order valence-corrected chi connectivity index (χ2v) is 8.58. The smallest absolute Gasteiger partial charge is 0.0370 e. The van der Waals surface area contributed by atoms with Crippen molar-refractivity contribution in [1.82, 2.24) is 0 Å². The SMILES string of the molecule is CC(Br)c1cccc(Br)c1CBr.CCc1cccc(Br)c1C. The normalized spacial score (nSPS) is 11.6. The van der Waals surface area contributed by atoms with E-state index in [0.29, 0.717) is 4.83 Å². The second-order valence-electron chi connectivity index (χ2n) is 4.93. The van der Waals surface area contributed by atoms with Crippen LogP contribution < -0.4 is 0 Å². The van der Waals surface area contributed by atoms with Crippen LogP contribution in [-0.4, -0.2) is 0 Å². The molecule has 0 aliphatic carbocycles. The molecule has 2 aromatic carbocycles. The molecule has 0 aliphatic heterocycles. The van der Waals surface area contributed by atoms with Crippen molar-refractivity contribution in [2.75, 3.05) is 0 Å². The number of hydrogen-bond donors (Lipinski definition) is 0. The van der Waals surface area contributed by atoms with Crippen molar-refractivity contribution in [3.05, 3.63) is 67.6 Å². The van der Waals surface area contributed by atoms with E-state index < -0.39 is 0 Å². The van der Waals surface area contributed by atoms with Gasteiger partial charge in [-0.25, -0.2) is 0 Å². The maximum atomic E-state index is 3.57. The molecule has 1 unspecified atom stereocenters. The van der Waals surface area contributed by atoms with Gasteiger partial charge in [0.05, 0.1) is 0 Å². The third-order valence-electron chi connectivity index (χ3n) is 3.48. The fraction of sp³-hybridized carbons (Fsp3) is 0.333. The zero-order valence-corrected chi connectivity index (χ0v) is 19.3. The molecule has 0 amide bonds.